The summed E-state index contributed by atoms with van der Waals surface area (Å²) >= 11 is 1.71. The average molecular weight is 379 g/mol. The van der Waals surface area contributed by atoms with Gasteiger partial charge in [0.15, 0.2) is 0 Å². The highest BCUT2D eigenvalue weighted by molar-refractivity contribution is 7.18. The summed E-state index contributed by atoms with van der Waals surface area (Å²) in [6.45, 7) is 5.46. The van der Waals surface area contributed by atoms with Gasteiger partial charge in [-0.1, -0.05) is 18.2 Å². The van der Waals surface area contributed by atoms with E-state index in [1.807, 2.05) is 29.2 Å². The zero-order valence-corrected chi connectivity index (χ0v) is 16.3. The third-order valence-electron chi connectivity index (χ3n) is 4.66. The molecule has 0 spiro atoms. The number of thiophene rings is 1. The van der Waals surface area contributed by atoms with Crippen molar-refractivity contribution in [3.05, 3.63) is 64.8 Å². The molecule has 0 aliphatic rings. The molecule has 4 aromatic rings. The summed E-state index contributed by atoms with van der Waals surface area (Å²) in [4.78, 5) is 15.9. The van der Waals surface area contributed by atoms with Crippen molar-refractivity contribution in [2.75, 3.05) is 11.9 Å². The first-order valence-electron chi connectivity index (χ1n) is 8.94. The lowest BCUT2D eigenvalue weighted by atomic mass is 10.1. The van der Waals surface area contributed by atoms with Gasteiger partial charge in [-0.3, -0.25) is 0 Å². The topological polar surface area (TPSA) is 81.6 Å². The van der Waals surface area contributed by atoms with Crippen molar-refractivity contribution in [2.45, 2.75) is 26.8 Å². The molecule has 0 bridgehead atoms. The normalized spacial score (nSPS) is 11.2. The zero-order chi connectivity index (χ0) is 18.8. The SMILES string of the molecule is Cc1sc2nc(CCN)nc(NCc3ccccc3-n3ccnc3)c2c1C. The van der Waals surface area contributed by atoms with Gasteiger partial charge >= 0.3 is 0 Å². The molecular weight excluding hydrogens is 356 g/mol. The fraction of sp³-hybridized carbons (Fsp3) is 0.250. The Labute approximate surface area is 162 Å². The molecule has 0 radical (unpaired) electrons. The second-order valence-corrected chi connectivity index (χ2v) is 7.65. The molecule has 0 amide bonds. The number of aromatic nitrogens is 4. The Bertz CT molecular complexity index is 1070. The van der Waals surface area contributed by atoms with Gasteiger partial charge in [0.2, 0.25) is 0 Å². The maximum absolute atomic E-state index is 5.72. The number of nitrogens with two attached hydrogens (primary N) is 1. The van der Waals surface area contributed by atoms with Crippen LogP contribution in [0.3, 0.4) is 0 Å². The maximum Gasteiger partial charge on any atom is 0.139 e. The smallest absolute Gasteiger partial charge is 0.139 e. The van der Waals surface area contributed by atoms with Crippen LogP contribution in [-0.2, 0) is 13.0 Å². The van der Waals surface area contributed by atoms with E-state index in [9.17, 15) is 0 Å². The van der Waals surface area contributed by atoms with Crippen LogP contribution in [0, 0.1) is 13.8 Å². The van der Waals surface area contributed by atoms with E-state index < -0.39 is 0 Å². The number of imidazole rings is 1. The molecule has 3 heterocycles. The molecule has 4 rings (SSSR count). The van der Waals surface area contributed by atoms with Crippen LogP contribution in [0.1, 0.15) is 21.8 Å². The van der Waals surface area contributed by atoms with Gasteiger partial charge in [0.1, 0.15) is 16.5 Å². The molecule has 138 valence electrons. The van der Waals surface area contributed by atoms with E-state index in [1.54, 1.807) is 17.5 Å². The van der Waals surface area contributed by atoms with Gasteiger partial charge < -0.3 is 15.6 Å². The van der Waals surface area contributed by atoms with E-state index in [-0.39, 0.29) is 0 Å². The molecular formula is C20H22N6S. The first-order valence-corrected chi connectivity index (χ1v) is 9.76. The van der Waals surface area contributed by atoms with Crippen LogP contribution in [0.4, 0.5) is 5.82 Å². The minimum absolute atomic E-state index is 0.539. The predicted octanol–water partition coefficient (Wildman–Crippen LogP) is 3.61. The number of aryl methyl sites for hydroxylation is 2. The van der Waals surface area contributed by atoms with Crippen molar-refractivity contribution >= 4 is 27.4 Å². The van der Waals surface area contributed by atoms with Gasteiger partial charge in [0.05, 0.1) is 17.4 Å². The van der Waals surface area contributed by atoms with Crippen LogP contribution in [0.5, 0.6) is 0 Å². The van der Waals surface area contributed by atoms with Crippen molar-refractivity contribution in [3.8, 4) is 5.69 Å². The van der Waals surface area contributed by atoms with Crippen LogP contribution < -0.4 is 11.1 Å². The van der Waals surface area contributed by atoms with Gasteiger partial charge in [-0.05, 0) is 37.6 Å². The first-order chi connectivity index (χ1) is 13.2. The first kappa shape index (κ1) is 17.6. The minimum Gasteiger partial charge on any atom is -0.365 e. The van der Waals surface area contributed by atoms with Gasteiger partial charge in [0, 0.05) is 30.2 Å². The Balaban J connectivity index is 1.70. The highest BCUT2D eigenvalue weighted by Gasteiger charge is 2.15. The van der Waals surface area contributed by atoms with E-state index in [2.05, 4.69) is 36.3 Å². The Morgan fingerprint density at radius 2 is 2.04 bits per heavy atom. The van der Waals surface area contributed by atoms with E-state index in [0.717, 1.165) is 27.5 Å². The van der Waals surface area contributed by atoms with Crippen molar-refractivity contribution in [1.82, 2.24) is 19.5 Å². The van der Waals surface area contributed by atoms with E-state index in [1.165, 1.54) is 16.0 Å². The van der Waals surface area contributed by atoms with Gasteiger partial charge in [-0.15, -0.1) is 11.3 Å². The monoisotopic (exact) mass is 378 g/mol. The predicted molar refractivity (Wildman–Crippen MR) is 111 cm³/mol. The van der Waals surface area contributed by atoms with Crippen LogP contribution in [0.2, 0.25) is 0 Å². The number of nitrogens with zero attached hydrogens (tertiary/aromatic N) is 4. The maximum atomic E-state index is 5.72. The number of fused-ring (bicyclic) bond motifs is 1. The van der Waals surface area contributed by atoms with Gasteiger partial charge in [-0.2, -0.15) is 0 Å². The summed E-state index contributed by atoms with van der Waals surface area (Å²) in [5.74, 6) is 1.67. The van der Waals surface area contributed by atoms with Crippen LogP contribution >= 0.6 is 11.3 Å². The number of nitrogens with one attached hydrogen (secondary N) is 1. The largest absolute Gasteiger partial charge is 0.365 e. The number of para-hydroxylation sites is 1. The third-order valence-corrected chi connectivity index (χ3v) is 5.76. The second-order valence-electron chi connectivity index (χ2n) is 6.44. The van der Waals surface area contributed by atoms with Crippen molar-refractivity contribution in [2.24, 2.45) is 5.73 Å². The van der Waals surface area contributed by atoms with Crippen molar-refractivity contribution in [1.29, 1.82) is 0 Å². The number of anilines is 1. The Morgan fingerprint density at radius 1 is 1.19 bits per heavy atom. The molecule has 27 heavy (non-hydrogen) atoms. The summed E-state index contributed by atoms with van der Waals surface area (Å²) in [7, 11) is 0. The minimum atomic E-state index is 0.539. The fourth-order valence-electron chi connectivity index (χ4n) is 3.16. The highest BCUT2D eigenvalue weighted by Crippen LogP contribution is 2.33. The molecule has 0 fully saturated rings. The summed E-state index contributed by atoms with van der Waals surface area (Å²) in [5, 5.41) is 4.65. The van der Waals surface area contributed by atoms with E-state index in [4.69, 9.17) is 15.7 Å². The molecule has 0 aliphatic heterocycles. The Hall–Kier alpha value is -2.77. The molecule has 1 aromatic carbocycles. The Kier molecular flexibility index (Phi) is 4.87. The molecule has 0 atom stereocenters. The molecule has 3 aromatic heterocycles. The molecule has 7 heteroatoms. The third kappa shape index (κ3) is 3.43. The van der Waals surface area contributed by atoms with Crippen molar-refractivity contribution < 1.29 is 0 Å². The summed E-state index contributed by atoms with van der Waals surface area (Å²) in [6, 6.07) is 8.29. The zero-order valence-electron chi connectivity index (χ0n) is 15.4. The summed E-state index contributed by atoms with van der Waals surface area (Å²) in [5.41, 5.74) is 9.24. The number of rotatable bonds is 6. The molecule has 0 unspecified atom stereocenters. The lowest BCUT2D eigenvalue weighted by Gasteiger charge is -2.13. The Morgan fingerprint density at radius 3 is 2.81 bits per heavy atom. The van der Waals surface area contributed by atoms with E-state index >= 15 is 0 Å². The summed E-state index contributed by atoms with van der Waals surface area (Å²) < 4.78 is 2.02. The fourth-order valence-corrected chi connectivity index (χ4v) is 4.20. The van der Waals surface area contributed by atoms with Gasteiger partial charge in [-0.25, -0.2) is 15.0 Å². The highest BCUT2D eigenvalue weighted by atomic mass is 32.1. The second kappa shape index (κ2) is 7.46. The molecule has 6 nitrogen and oxygen atoms in total. The molecule has 3 N–H and O–H groups in total. The number of hydrogen-bond donors (Lipinski definition) is 2. The van der Waals surface area contributed by atoms with Gasteiger partial charge in [0.25, 0.3) is 0 Å². The summed E-state index contributed by atoms with van der Waals surface area (Å²) in [6.07, 6.45) is 6.22. The molecule has 0 saturated carbocycles. The standard InChI is InChI=1S/C20H22N6S/c1-13-14(2)27-20-18(13)19(24-17(25-20)7-8-21)23-11-15-5-3-4-6-16(15)26-10-9-22-12-26/h3-6,9-10,12H,7-8,11,21H2,1-2H3,(H,23,24,25). The number of hydrogen-bond acceptors (Lipinski definition) is 6. The quantitative estimate of drug-likeness (QED) is 0.536. The van der Waals surface area contributed by atoms with Crippen LogP contribution in [0.15, 0.2) is 43.0 Å². The number of benzene rings is 1. The average Bonchev–Trinajstić information content (AvgIpc) is 3.29. The molecule has 0 saturated heterocycles. The lowest BCUT2D eigenvalue weighted by molar-refractivity contribution is 0.879. The van der Waals surface area contributed by atoms with Crippen LogP contribution in [0.25, 0.3) is 15.9 Å². The van der Waals surface area contributed by atoms with Crippen LogP contribution in [-0.4, -0.2) is 26.1 Å². The molecule has 0 aliphatic carbocycles. The lowest BCUT2D eigenvalue weighted by Crippen LogP contribution is -2.10. The van der Waals surface area contributed by atoms with Crippen molar-refractivity contribution in [3.63, 3.8) is 0 Å². The van der Waals surface area contributed by atoms with E-state index in [0.29, 0.717) is 19.5 Å².